The first-order valence-corrected chi connectivity index (χ1v) is 6.87. The number of hydrogen-bond donors (Lipinski definition) is 1. The van der Waals surface area contributed by atoms with Crippen LogP contribution in [0.25, 0.3) is 0 Å². The van der Waals surface area contributed by atoms with Crippen LogP contribution in [-0.2, 0) is 6.42 Å². The first-order chi connectivity index (χ1) is 8.77. The molecule has 1 aromatic rings. The Kier molecular flexibility index (Phi) is 4.62. The molecule has 0 amide bonds. The zero-order valence-corrected chi connectivity index (χ0v) is 11.2. The Bertz CT molecular complexity index is 406. The van der Waals surface area contributed by atoms with Gasteiger partial charge in [-0.1, -0.05) is 24.3 Å². The van der Waals surface area contributed by atoms with Gasteiger partial charge in [0, 0.05) is 19.6 Å². The number of rotatable bonds is 3. The fraction of sp³-hybridized carbons (Fsp3) is 0.533. The summed E-state index contributed by atoms with van der Waals surface area (Å²) in [6, 6.07) is 8.47. The topological polar surface area (TPSA) is 41.6 Å². The molecule has 0 aromatic heterocycles. The molecule has 1 aromatic carbocycles. The summed E-state index contributed by atoms with van der Waals surface area (Å²) in [6.07, 6.45) is 4.79. The highest BCUT2D eigenvalue weighted by Crippen LogP contribution is 2.09. The highest BCUT2D eigenvalue weighted by atomic mass is 15.2. The van der Waals surface area contributed by atoms with Crippen LogP contribution in [0.15, 0.2) is 29.3 Å². The third-order valence-electron chi connectivity index (χ3n) is 3.60. The molecule has 0 unspecified atom stereocenters. The van der Waals surface area contributed by atoms with Crippen LogP contribution in [0.2, 0.25) is 0 Å². The summed E-state index contributed by atoms with van der Waals surface area (Å²) in [5.41, 5.74) is 8.73. The SMILES string of the molecule is Cc1ccccc1CCN=C(N)N1CCCCC1. The largest absolute Gasteiger partial charge is 0.370 e. The molecule has 0 spiro atoms. The predicted octanol–water partition coefficient (Wildman–Crippen LogP) is 2.34. The van der Waals surface area contributed by atoms with E-state index in [0.717, 1.165) is 32.0 Å². The lowest BCUT2D eigenvalue weighted by Crippen LogP contribution is -2.41. The number of aliphatic imine (C=N–C) groups is 1. The van der Waals surface area contributed by atoms with Gasteiger partial charge < -0.3 is 10.6 Å². The van der Waals surface area contributed by atoms with E-state index >= 15 is 0 Å². The van der Waals surface area contributed by atoms with Crippen LogP contribution < -0.4 is 5.73 Å². The molecule has 1 aliphatic heterocycles. The zero-order chi connectivity index (χ0) is 12.8. The van der Waals surface area contributed by atoms with Crippen molar-refractivity contribution in [3.63, 3.8) is 0 Å². The number of benzene rings is 1. The lowest BCUT2D eigenvalue weighted by Gasteiger charge is -2.27. The van der Waals surface area contributed by atoms with Crippen LogP contribution in [-0.4, -0.2) is 30.5 Å². The van der Waals surface area contributed by atoms with Crippen LogP contribution in [0.1, 0.15) is 30.4 Å². The Hall–Kier alpha value is -1.51. The molecule has 3 nitrogen and oxygen atoms in total. The number of nitrogens with zero attached hydrogens (tertiary/aromatic N) is 2. The Morgan fingerprint density at radius 2 is 1.94 bits per heavy atom. The van der Waals surface area contributed by atoms with E-state index in [9.17, 15) is 0 Å². The monoisotopic (exact) mass is 245 g/mol. The molecule has 1 saturated heterocycles. The van der Waals surface area contributed by atoms with Gasteiger partial charge in [0.15, 0.2) is 5.96 Å². The third-order valence-corrected chi connectivity index (χ3v) is 3.60. The van der Waals surface area contributed by atoms with E-state index in [0.29, 0.717) is 0 Å². The Morgan fingerprint density at radius 1 is 1.22 bits per heavy atom. The highest BCUT2D eigenvalue weighted by Gasteiger charge is 2.11. The number of likely N-dealkylation sites (tertiary alicyclic amines) is 1. The van der Waals surface area contributed by atoms with Crippen molar-refractivity contribution in [2.24, 2.45) is 10.7 Å². The summed E-state index contributed by atoms with van der Waals surface area (Å²) in [5.74, 6) is 0.725. The molecular formula is C15H23N3. The molecule has 0 bridgehead atoms. The van der Waals surface area contributed by atoms with E-state index in [1.807, 2.05) is 0 Å². The minimum atomic E-state index is 0.725. The van der Waals surface area contributed by atoms with Crippen molar-refractivity contribution < 1.29 is 0 Å². The molecule has 1 aliphatic rings. The van der Waals surface area contributed by atoms with Crippen LogP contribution in [0.4, 0.5) is 0 Å². The summed E-state index contributed by atoms with van der Waals surface area (Å²) in [4.78, 5) is 6.71. The second-order valence-corrected chi connectivity index (χ2v) is 4.96. The van der Waals surface area contributed by atoms with Gasteiger partial charge in [0.25, 0.3) is 0 Å². The van der Waals surface area contributed by atoms with Gasteiger partial charge in [-0.25, -0.2) is 0 Å². The lowest BCUT2D eigenvalue weighted by atomic mass is 10.1. The number of hydrogen-bond acceptors (Lipinski definition) is 1. The van der Waals surface area contributed by atoms with Gasteiger partial charge in [-0.05, 0) is 43.7 Å². The van der Waals surface area contributed by atoms with E-state index in [1.54, 1.807) is 0 Å². The van der Waals surface area contributed by atoms with Crippen molar-refractivity contribution in [1.82, 2.24) is 4.90 Å². The van der Waals surface area contributed by atoms with Crippen molar-refractivity contribution in [1.29, 1.82) is 0 Å². The molecule has 0 radical (unpaired) electrons. The van der Waals surface area contributed by atoms with Crippen LogP contribution in [0, 0.1) is 6.92 Å². The first-order valence-electron chi connectivity index (χ1n) is 6.87. The Morgan fingerprint density at radius 3 is 2.67 bits per heavy atom. The zero-order valence-electron chi connectivity index (χ0n) is 11.2. The van der Waals surface area contributed by atoms with Crippen molar-refractivity contribution >= 4 is 5.96 Å². The van der Waals surface area contributed by atoms with Gasteiger partial charge in [0.05, 0.1) is 0 Å². The minimum Gasteiger partial charge on any atom is -0.370 e. The number of nitrogens with two attached hydrogens (primary N) is 1. The fourth-order valence-electron chi connectivity index (χ4n) is 2.40. The third kappa shape index (κ3) is 3.49. The average molecular weight is 245 g/mol. The Labute approximate surface area is 110 Å². The van der Waals surface area contributed by atoms with Gasteiger partial charge in [-0.2, -0.15) is 0 Å². The van der Waals surface area contributed by atoms with Gasteiger partial charge in [-0.15, -0.1) is 0 Å². The maximum atomic E-state index is 6.03. The van der Waals surface area contributed by atoms with E-state index in [-0.39, 0.29) is 0 Å². The van der Waals surface area contributed by atoms with Crippen molar-refractivity contribution in [3.05, 3.63) is 35.4 Å². The summed E-state index contributed by atoms with van der Waals surface area (Å²) in [6.45, 7) is 5.07. The molecule has 0 aliphatic carbocycles. The molecule has 2 rings (SSSR count). The maximum Gasteiger partial charge on any atom is 0.191 e. The Balaban J connectivity index is 1.85. The molecule has 18 heavy (non-hydrogen) atoms. The molecule has 3 heteroatoms. The molecule has 0 atom stereocenters. The quantitative estimate of drug-likeness (QED) is 0.656. The summed E-state index contributed by atoms with van der Waals surface area (Å²) in [7, 11) is 0. The summed E-state index contributed by atoms with van der Waals surface area (Å²) in [5, 5.41) is 0. The number of aryl methyl sites for hydroxylation is 1. The van der Waals surface area contributed by atoms with Crippen LogP contribution >= 0.6 is 0 Å². The summed E-state index contributed by atoms with van der Waals surface area (Å²) < 4.78 is 0. The van der Waals surface area contributed by atoms with E-state index in [2.05, 4.69) is 41.1 Å². The maximum absolute atomic E-state index is 6.03. The number of piperidine rings is 1. The molecule has 1 fully saturated rings. The highest BCUT2D eigenvalue weighted by molar-refractivity contribution is 5.78. The van der Waals surface area contributed by atoms with E-state index in [1.165, 1.54) is 30.4 Å². The molecule has 2 N–H and O–H groups in total. The fourth-order valence-corrected chi connectivity index (χ4v) is 2.40. The molecule has 1 heterocycles. The minimum absolute atomic E-state index is 0.725. The van der Waals surface area contributed by atoms with Crippen molar-refractivity contribution in [3.8, 4) is 0 Å². The second-order valence-electron chi connectivity index (χ2n) is 4.96. The van der Waals surface area contributed by atoms with Crippen LogP contribution in [0.3, 0.4) is 0 Å². The standard InChI is InChI=1S/C15H23N3/c1-13-7-3-4-8-14(13)9-10-17-15(16)18-11-5-2-6-12-18/h3-4,7-8H,2,5-6,9-12H2,1H3,(H2,16,17). The molecule has 98 valence electrons. The first kappa shape index (κ1) is 12.9. The predicted molar refractivity (Wildman–Crippen MR) is 76.8 cm³/mol. The van der Waals surface area contributed by atoms with E-state index in [4.69, 9.17) is 5.73 Å². The van der Waals surface area contributed by atoms with Gasteiger partial charge >= 0.3 is 0 Å². The summed E-state index contributed by atoms with van der Waals surface area (Å²) >= 11 is 0. The average Bonchev–Trinajstić information content (AvgIpc) is 2.42. The molecular weight excluding hydrogens is 222 g/mol. The van der Waals surface area contributed by atoms with Crippen molar-refractivity contribution in [2.45, 2.75) is 32.6 Å². The molecule has 0 saturated carbocycles. The van der Waals surface area contributed by atoms with Crippen molar-refractivity contribution in [2.75, 3.05) is 19.6 Å². The van der Waals surface area contributed by atoms with Gasteiger partial charge in [0.2, 0.25) is 0 Å². The lowest BCUT2D eigenvalue weighted by molar-refractivity contribution is 0.338. The number of guanidine groups is 1. The second kappa shape index (κ2) is 6.43. The van der Waals surface area contributed by atoms with Gasteiger partial charge in [-0.3, -0.25) is 4.99 Å². The van der Waals surface area contributed by atoms with E-state index < -0.39 is 0 Å². The van der Waals surface area contributed by atoms with Crippen LogP contribution in [0.5, 0.6) is 0 Å². The van der Waals surface area contributed by atoms with Gasteiger partial charge in [0.1, 0.15) is 0 Å². The smallest absolute Gasteiger partial charge is 0.191 e. The normalized spacial score (nSPS) is 16.9.